The summed E-state index contributed by atoms with van der Waals surface area (Å²) in [5.41, 5.74) is 7.78. The summed E-state index contributed by atoms with van der Waals surface area (Å²) >= 11 is 0. The van der Waals surface area contributed by atoms with Gasteiger partial charge in [0.25, 0.3) is 11.8 Å². The Balaban J connectivity index is 0.000000559. The van der Waals surface area contributed by atoms with Crippen molar-refractivity contribution in [3.8, 4) is 11.5 Å². The molecule has 8 amide bonds. The Labute approximate surface area is 679 Å². The number of nitrogens with one attached hydrogen (secondary N) is 5. The first-order valence-corrected chi connectivity index (χ1v) is 39.7. The van der Waals surface area contributed by atoms with Gasteiger partial charge in [0.15, 0.2) is 22.9 Å². The van der Waals surface area contributed by atoms with Gasteiger partial charge in [-0.25, -0.2) is 14.6 Å². The topological polar surface area (TPSA) is 366 Å². The van der Waals surface area contributed by atoms with Gasteiger partial charge in [0, 0.05) is 69.4 Å². The van der Waals surface area contributed by atoms with Gasteiger partial charge in [0.1, 0.15) is 47.6 Å². The Kier molecular flexibility index (Phi) is 30.8. The third-order valence-electron chi connectivity index (χ3n) is 22.9. The van der Waals surface area contributed by atoms with Gasteiger partial charge in [-0.15, -0.1) is 12.4 Å². The Bertz CT molecular complexity index is 4540. The van der Waals surface area contributed by atoms with E-state index in [0.717, 1.165) is 22.8 Å². The smallest absolute Gasteiger partial charge is 0.329 e. The molecule has 0 spiro atoms. The number of nitrogens with two attached hydrogens (primary N) is 1. The zero-order chi connectivity index (χ0) is 83.6. The molecule has 28 heteroatoms. The number of cyclic esters (lactones) is 2. The third-order valence-corrected chi connectivity index (χ3v) is 22.9. The van der Waals surface area contributed by atoms with E-state index in [2.05, 4.69) is 125 Å². The number of hydrogen-bond donors (Lipinski definition) is 6. The highest BCUT2D eigenvalue weighted by Crippen LogP contribution is 2.39. The summed E-state index contributed by atoms with van der Waals surface area (Å²) in [5.74, 6) is -14.5. The fourth-order valence-corrected chi connectivity index (χ4v) is 16.4. The SMILES string of the molecule is CC(NCCC(c1ccccc1)c1ccccc1)c1ccccc1.Cc1c2oc3c(C)ccc(C(=O)NC4C(=O)NC(C(C)C)C(=O)C5CCCC5C(=O)N(C)CC(=O)N(C)C(C(C)C)C(=O)OC4C)c3nc-2c(C(=O)NC2C(=O)NC(C(C)C)C(=O)C3CCCC3C(=O)N(C)CC(=O)N(C)C(C(C)C)C(=O)OC2C)c(N)c1=O.Cl. The number of aromatic nitrogens is 1. The van der Waals surface area contributed by atoms with E-state index in [1.807, 2.05) is 0 Å². The first-order valence-electron chi connectivity index (χ1n) is 39.7. The lowest BCUT2D eigenvalue weighted by molar-refractivity contribution is -0.163. The van der Waals surface area contributed by atoms with Crippen LogP contribution in [0.1, 0.15) is 182 Å². The first-order chi connectivity index (χ1) is 53.9. The second kappa shape index (κ2) is 39.3. The fraction of sp³-hybridized carbons (Fsp3) is 0.517. The van der Waals surface area contributed by atoms with Gasteiger partial charge in [-0.05, 0) is 125 Å². The van der Waals surface area contributed by atoms with E-state index in [-0.39, 0.29) is 46.1 Å². The van der Waals surface area contributed by atoms with Crippen LogP contribution in [0.15, 0.2) is 112 Å². The number of carbonyl (C=O) groups is 12. The Morgan fingerprint density at radius 2 is 0.957 bits per heavy atom. The lowest BCUT2D eigenvalue weighted by atomic mass is 9.83. The number of rotatable bonds is 15. The molecular weight excluding hydrogens is 1490 g/mol. The maximum atomic E-state index is 15.2. The molecule has 7 N–H and O–H groups in total. The summed E-state index contributed by atoms with van der Waals surface area (Å²) in [4.78, 5) is 197. The van der Waals surface area contributed by atoms with Crippen LogP contribution in [0, 0.1) is 61.2 Å². The van der Waals surface area contributed by atoms with Crippen molar-refractivity contribution in [3.63, 3.8) is 0 Å². The minimum Gasteiger partial charge on any atom is -0.458 e. The van der Waals surface area contributed by atoms with E-state index in [1.54, 1.807) is 62.3 Å². The van der Waals surface area contributed by atoms with Crippen LogP contribution in [-0.2, 0) is 57.4 Å². The van der Waals surface area contributed by atoms with Crippen LogP contribution in [0.3, 0.4) is 0 Å². The zero-order valence-corrected chi connectivity index (χ0v) is 69.8. The van der Waals surface area contributed by atoms with E-state index in [0.29, 0.717) is 56.0 Å². The monoisotopic (exact) mass is 1600 g/mol. The van der Waals surface area contributed by atoms with Gasteiger partial charge in [-0.2, -0.15) is 0 Å². The summed E-state index contributed by atoms with van der Waals surface area (Å²) in [7, 11) is 5.66. The standard InChI is InChI=1S/C64H88N10O16.C23H25N.ClH/c1-27(2)44-53(78)35-19-17-21-37(35)61(84)71(13)25-40(75)73(15)50(29(5)6)63(86)88-33(11)46(59(82)67-44)69-57(80)39-24-23-31(9)55-48(39)66-49-42(43(65)52(77)32(10)56(49)90-55)58(81)70-47-34(12)89-64(87)51(30(7)8)74(16)41(76)26-72(14)62(85)38-22-18-20-36(38)54(79)45(28(3)4)68-60(47)83;1-19(20-11-5-2-6-12-20)24-18-17-23(21-13-7-3-8-14-21)22-15-9-4-10-16-22;/h23-24,27-30,33-38,44-47,50-51H,17-22,25-26,65H2,1-16H3,(H,67,82)(H,68,83)(H,69,80)(H,70,81);2-16,19,23-24H,17-18H2,1H3;1H. The number of hydrogen-bond acceptors (Lipinski definition) is 19. The fourth-order valence-electron chi connectivity index (χ4n) is 16.4. The van der Waals surface area contributed by atoms with Crippen molar-refractivity contribution < 1.29 is 71.4 Å². The maximum Gasteiger partial charge on any atom is 0.329 e. The van der Waals surface area contributed by atoms with Crippen LogP contribution in [0.2, 0.25) is 0 Å². The number of halogens is 1. The van der Waals surface area contributed by atoms with E-state index in [1.165, 1.54) is 87.6 Å². The Hall–Kier alpha value is -10.4. The van der Waals surface area contributed by atoms with E-state index in [9.17, 15) is 52.7 Å². The molecule has 0 bridgehead atoms. The molecule has 10 rings (SSSR count). The second-order valence-corrected chi connectivity index (χ2v) is 32.5. The van der Waals surface area contributed by atoms with Crippen molar-refractivity contribution in [1.29, 1.82) is 0 Å². The first kappa shape index (κ1) is 90.1. The van der Waals surface area contributed by atoms with Gasteiger partial charge < -0.3 is 65.8 Å². The predicted molar refractivity (Wildman–Crippen MR) is 437 cm³/mol. The van der Waals surface area contributed by atoms with Crippen molar-refractivity contribution in [2.45, 2.75) is 195 Å². The van der Waals surface area contributed by atoms with Crippen LogP contribution in [-0.4, -0.2) is 192 Å². The van der Waals surface area contributed by atoms with E-state index >= 15 is 9.59 Å². The Morgan fingerprint density at radius 1 is 0.548 bits per heavy atom. The number of likely N-dealkylation sites (N-methyl/N-ethyl adjacent to an activating group) is 4. The molecule has 27 nitrogen and oxygen atoms in total. The molecule has 13 atom stereocenters. The number of ketones is 2. The van der Waals surface area contributed by atoms with Gasteiger partial charge in [-0.1, -0.05) is 165 Å². The highest BCUT2D eigenvalue weighted by molar-refractivity contribution is 6.11. The van der Waals surface area contributed by atoms with Crippen molar-refractivity contribution in [1.82, 2.24) is 51.2 Å². The number of anilines is 1. The predicted octanol–water partition coefficient (Wildman–Crippen LogP) is 8.70. The summed E-state index contributed by atoms with van der Waals surface area (Å²) in [6.07, 6.45) is 0.434. The highest BCUT2D eigenvalue weighted by atomic mass is 35.5. The summed E-state index contributed by atoms with van der Waals surface area (Å²) in [6, 6.07) is 26.9. The number of aryl methyl sites for hydroxylation is 1. The molecule has 4 aromatic rings. The minimum absolute atomic E-state index is 0. The van der Waals surface area contributed by atoms with Crippen molar-refractivity contribution in [2.24, 2.45) is 47.3 Å². The maximum absolute atomic E-state index is 15.2. The van der Waals surface area contributed by atoms with Gasteiger partial charge in [0.2, 0.25) is 40.9 Å². The number of Topliss-reactive ketones (excluding diaryl/α,β-unsaturated/α-hetero) is 2. The van der Waals surface area contributed by atoms with Gasteiger partial charge >= 0.3 is 11.9 Å². The van der Waals surface area contributed by atoms with Crippen molar-refractivity contribution >= 4 is 100.0 Å². The van der Waals surface area contributed by atoms with Gasteiger partial charge in [0.05, 0.1) is 42.0 Å². The van der Waals surface area contributed by atoms with Crippen molar-refractivity contribution in [3.05, 3.63) is 152 Å². The average molecular weight is 1610 g/mol. The van der Waals surface area contributed by atoms with Crippen LogP contribution in [0.25, 0.3) is 22.6 Å². The quantitative estimate of drug-likeness (QED) is 0.0318. The molecule has 6 aliphatic rings. The summed E-state index contributed by atoms with van der Waals surface area (Å²) in [6.45, 7) is 21.5. The largest absolute Gasteiger partial charge is 0.458 e. The van der Waals surface area contributed by atoms with Crippen molar-refractivity contribution in [2.75, 3.05) is 53.6 Å². The van der Waals surface area contributed by atoms with E-state index < -0.39 is 196 Å². The molecular formula is C87H114ClN11O16. The number of fused-ring (bicyclic) bond motifs is 4. The second-order valence-electron chi connectivity index (χ2n) is 32.5. The molecule has 3 aliphatic heterocycles. The number of esters is 2. The number of nitrogens with zero attached hydrogens (tertiary/aromatic N) is 5. The summed E-state index contributed by atoms with van der Waals surface area (Å²) in [5, 5.41) is 14.5. The molecule has 3 heterocycles. The number of nitrogen functional groups attached to an aromatic ring is 1. The molecule has 13 unspecified atom stereocenters. The number of carbonyl (C=O) groups excluding carboxylic acids is 12. The molecule has 4 fully saturated rings. The molecule has 2 saturated heterocycles. The molecule has 3 aliphatic carbocycles. The molecule has 115 heavy (non-hydrogen) atoms. The van der Waals surface area contributed by atoms with Crippen LogP contribution < -0.4 is 37.7 Å². The lowest BCUT2D eigenvalue weighted by Gasteiger charge is -2.35. The number of benzene rings is 5. The molecule has 620 valence electrons. The van der Waals surface area contributed by atoms with Crippen LogP contribution in [0.5, 0.6) is 0 Å². The molecule has 2 saturated carbocycles. The zero-order valence-electron chi connectivity index (χ0n) is 69.0. The minimum atomic E-state index is -1.86. The van der Waals surface area contributed by atoms with Crippen LogP contribution >= 0.6 is 12.4 Å². The molecule has 0 aromatic heterocycles. The normalized spacial score (nSPS) is 24.3. The third kappa shape index (κ3) is 20.5. The molecule has 4 aromatic carbocycles. The lowest BCUT2D eigenvalue weighted by Crippen LogP contribution is -2.59. The number of amides is 8. The van der Waals surface area contributed by atoms with E-state index in [4.69, 9.17) is 24.6 Å². The highest BCUT2D eigenvalue weighted by Gasteiger charge is 2.48. The number of ether oxygens (including phenoxy) is 2. The Morgan fingerprint density at radius 3 is 1.37 bits per heavy atom. The average Bonchev–Trinajstić information content (AvgIpc) is 0.839. The summed E-state index contributed by atoms with van der Waals surface area (Å²) < 4.78 is 18.3. The van der Waals surface area contributed by atoms with Crippen LogP contribution in [0.4, 0.5) is 5.69 Å². The van der Waals surface area contributed by atoms with Gasteiger partial charge in [-0.3, -0.25) is 52.7 Å². The molecule has 0 radical (unpaired) electrons.